The summed E-state index contributed by atoms with van der Waals surface area (Å²) in [4.78, 5) is 12.1. The Morgan fingerprint density at radius 2 is 1.83 bits per heavy atom. The number of aromatic nitrogens is 2. The Labute approximate surface area is 134 Å². The summed E-state index contributed by atoms with van der Waals surface area (Å²) in [7, 11) is 0. The van der Waals surface area contributed by atoms with Crippen LogP contribution in [-0.4, -0.2) is 29.4 Å². The molecule has 3 aromatic rings. The highest BCUT2D eigenvalue weighted by molar-refractivity contribution is 6.02. The summed E-state index contributed by atoms with van der Waals surface area (Å²) in [5.74, 6) is 0.527. The van der Waals surface area contributed by atoms with Gasteiger partial charge in [0.05, 0.1) is 30.5 Å². The fourth-order valence-electron chi connectivity index (χ4n) is 2.29. The van der Waals surface area contributed by atoms with E-state index in [2.05, 4.69) is 10.2 Å². The minimum atomic E-state index is -0.330. The van der Waals surface area contributed by atoms with E-state index in [0.717, 1.165) is 24.0 Å². The van der Waals surface area contributed by atoms with Crippen LogP contribution in [0.3, 0.4) is 0 Å². The number of rotatable bonds is 7. The lowest BCUT2D eigenvalue weighted by Gasteiger charge is -2.07. The molecular weight excluding hydrogens is 292 g/mol. The molecule has 118 valence electrons. The van der Waals surface area contributed by atoms with Gasteiger partial charge in [-0.15, -0.1) is 0 Å². The number of para-hydroxylation sites is 2. The molecule has 23 heavy (non-hydrogen) atoms. The molecule has 1 aromatic heterocycles. The average molecular weight is 310 g/mol. The van der Waals surface area contributed by atoms with Gasteiger partial charge in [-0.05, 0) is 31.0 Å². The second-order valence-corrected chi connectivity index (χ2v) is 5.14. The number of ether oxygens (including phenoxy) is 2. The highest BCUT2D eigenvalue weighted by atomic mass is 16.5. The van der Waals surface area contributed by atoms with Crippen LogP contribution in [-0.2, 0) is 4.74 Å². The number of fused-ring (bicyclic) bond motifs is 1. The van der Waals surface area contributed by atoms with E-state index in [1.165, 1.54) is 0 Å². The molecule has 0 spiro atoms. The Kier molecular flexibility index (Phi) is 4.88. The Balaban J connectivity index is 1.41. The van der Waals surface area contributed by atoms with Gasteiger partial charge in [-0.2, -0.15) is 5.10 Å². The number of hydrogen-bond acceptors (Lipinski definition) is 4. The van der Waals surface area contributed by atoms with Crippen molar-refractivity contribution in [3.63, 3.8) is 0 Å². The molecule has 0 unspecified atom stereocenters. The van der Waals surface area contributed by atoms with E-state index in [1.54, 1.807) is 12.3 Å². The predicted molar refractivity (Wildman–Crippen MR) is 87.5 cm³/mol. The van der Waals surface area contributed by atoms with Crippen LogP contribution in [0.2, 0.25) is 0 Å². The lowest BCUT2D eigenvalue weighted by molar-refractivity contribution is 0.0496. The zero-order valence-electron chi connectivity index (χ0n) is 12.7. The van der Waals surface area contributed by atoms with Gasteiger partial charge < -0.3 is 9.47 Å². The first-order valence-corrected chi connectivity index (χ1v) is 7.61. The van der Waals surface area contributed by atoms with Gasteiger partial charge in [0, 0.05) is 5.39 Å². The maximum Gasteiger partial charge on any atom is 0.340 e. The Bertz CT molecular complexity index is 768. The number of unbranched alkanes of at least 4 members (excludes halogenated alkanes) is 1. The van der Waals surface area contributed by atoms with E-state index in [1.807, 2.05) is 42.5 Å². The lowest BCUT2D eigenvalue weighted by Crippen LogP contribution is -2.08. The number of carbonyl (C=O) groups is 1. The third kappa shape index (κ3) is 3.88. The summed E-state index contributed by atoms with van der Waals surface area (Å²) < 4.78 is 10.9. The minimum absolute atomic E-state index is 0.330. The number of esters is 1. The predicted octanol–water partition coefficient (Wildman–Crippen LogP) is 3.58. The Morgan fingerprint density at radius 3 is 2.70 bits per heavy atom. The van der Waals surface area contributed by atoms with Crippen LogP contribution in [0.15, 0.2) is 54.7 Å². The number of nitrogens with zero attached hydrogens (tertiary/aromatic N) is 1. The van der Waals surface area contributed by atoms with Gasteiger partial charge in [0.25, 0.3) is 0 Å². The maximum atomic E-state index is 12.1. The summed E-state index contributed by atoms with van der Waals surface area (Å²) in [6, 6.07) is 15.1. The highest BCUT2D eigenvalue weighted by Crippen LogP contribution is 2.16. The third-order valence-corrected chi connectivity index (χ3v) is 3.48. The van der Waals surface area contributed by atoms with Crippen LogP contribution in [0.5, 0.6) is 5.75 Å². The monoisotopic (exact) mass is 310 g/mol. The molecule has 2 aromatic carbocycles. The molecule has 0 aliphatic rings. The van der Waals surface area contributed by atoms with Gasteiger partial charge in [0.15, 0.2) is 0 Å². The maximum absolute atomic E-state index is 12.1. The van der Waals surface area contributed by atoms with Gasteiger partial charge in [-0.1, -0.05) is 30.3 Å². The zero-order chi connectivity index (χ0) is 15.9. The molecule has 0 atom stereocenters. The minimum Gasteiger partial charge on any atom is -0.494 e. The molecule has 3 rings (SSSR count). The van der Waals surface area contributed by atoms with Crippen molar-refractivity contribution in [1.29, 1.82) is 0 Å². The molecule has 0 amide bonds. The molecule has 0 aliphatic heterocycles. The number of carbonyl (C=O) groups excluding carboxylic acids is 1. The molecule has 0 fully saturated rings. The smallest absolute Gasteiger partial charge is 0.340 e. The van der Waals surface area contributed by atoms with Crippen LogP contribution in [0.1, 0.15) is 23.2 Å². The number of benzene rings is 2. The van der Waals surface area contributed by atoms with Gasteiger partial charge in [-0.3, -0.25) is 5.10 Å². The molecular formula is C18H18N2O3. The van der Waals surface area contributed by atoms with E-state index in [0.29, 0.717) is 24.3 Å². The van der Waals surface area contributed by atoms with Crippen LogP contribution >= 0.6 is 0 Å². The molecule has 0 saturated carbocycles. The number of aromatic amines is 1. The summed E-state index contributed by atoms with van der Waals surface area (Å²) in [5.41, 5.74) is 1.23. The average Bonchev–Trinajstić information content (AvgIpc) is 3.07. The fraction of sp³-hybridized carbons (Fsp3) is 0.222. The van der Waals surface area contributed by atoms with Crippen molar-refractivity contribution >= 4 is 16.9 Å². The standard InChI is InChI=1S/C18H18N2O3/c21-18(16-10-6-7-14-13-19-20-17(14)16)23-12-5-4-11-22-15-8-2-1-3-9-15/h1-3,6-10,13H,4-5,11-12H2,(H,19,20). The third-order valence-electron chi connectivity index (χ3n) is 3.48. The van der Waals surface area contributed by atoms with E-state index in [9.17, 15) is 4.79 Å². The van der Waals surface area contributed by atoms with Crippen LogP contribution in [0.4, 0.5) is 0 Å². The molecule has 5 heteroatoms. The first-order chi connectivity index (χ1) is 11.3. The van der Waals surface area contributed by atoms with Gasteiger partial charge in [0.1, 0.15) is 5.75 Å². The van der Waals surface area contributed by atoms with E-state index in [4.69, 9.17) is 9.47 Å². The quantitative estimate of drug-likeness (QED) is 0.535. The lowest BCUT2D eigenvalue weighted by atomic mass is 10.1. The van der Waals surface area contributed by atoms with Crippen molar-refractivity contribution < 1.29 is 14.3 Å². The number of nitrogens with one attached hydrogen (secondary N) is 1. The topological polar surface area (TPSA) is 64.2 Å². The van der Waals surface area contributed by atoms with E-state index >= 15 is 0 Å². The van der Waals surface area contributed by atoms with Crippen molar-refractivity contribution in [2.45, 2.75) is 12.8 Å². The molecule has 0 radical (unpaired) electrons. The first kappa shape index (κ1) is 15.1. The number of hydrogen-bond donors (Lipinski definition) is 1. The second kappa shape index (κ2) is 7.45. The summed E-state index contributed by atoms with van der Waals surface area (Å²) in [6.45, 7) is 0.985. The highest BCUT2D eigenvalue weighted by Gasteiger charge is 2.12. The van der Waals surface area contributed by atoms with Crippen molar-refractivity contribution in [3.05, 3.63) is 60.3 Å². The van der Waals surface area contributed by atoms with Crippen molar-refractivity contribution in [2.24, 2.45) is 0 Å². The van der Waals surface area contributed by atoms with Gasteiger partial charge in [0.2, 0.25) is 0 Å². The summed E-state index contributed by atoms with van der Waals surface area (Å²) in [5, 5.41) is 7.67. The molecule has 0 bridgehead atoms. The van der Waals surface area contributed by atoms with Gasteiger partial charge >= 0.3 is 5.97 Å². The van der Waals surface area contributed by atoms with Crippen LogP contribution in [0.25, 0.3) is 10.9 Å². The molecule has 1 heterocycles. The normalized spacial score (nSPS) is 10.6. The van der Waals surface area contributed by atoms with E-state index in [-0.39, 0.29) is 5.97 Å². The molecule has 0 saturated heterocycles. The molecule has 1 N–H and O–H groups in total. The first-order valence-electron chi connectivity index (χ1n) is 7.61. The Hall–Kier alpha value is -2.82. The van der Waals surface area contributed by atoms with Crippen molar-refractivity contribution in [3.8, 4) is 5.75 Å². The molecule has 5 nitrogen and oxygen atoms in total. The van der Waals surface area contributed by atoms with Crippen LogP contribution in [0, 0.1) is 0 Å². The van der Waals surface area contributed by atoms with Crippen molar-refractivity contribution in [2.75, 3.05) is 13.2 Å². The van der Waals surface area contributed by atoms with Crippen molar-refractivity contribution in [1.82, 2.24) is 10.2 Å². The van der Waals surface area contributed by atoms with Crippen LogP contribution < -0.4 is 4.74 Å². The van der Waals surface area contributed by atoms with E-state index < -0.39 is 0 Å². The molecule has 0 aliphatic carbocycles. The fourth-order valence-corrected chi connectivity index (χ4v) is 2.29. The summed E-state index contributed by atoms with van der Waals surface area (Å²) >= 11 is 0. The largest absolute Gasteiger partial charge is 0.494 e. The zero-order valence-corrected chi connectivity index (χ0v) is 12.7. The summed E-state index contributed by atoms with van der Waals surface area (Å²) in [6.07, 6.45) is 3.28. The number of H-pyrrole nitrogens is 1. The second-order valence-electron chi connectivity index (χ2n) is 5.14. The van der Waals surface area contributed by atoms with Gasteiger partial charge in [-0.25, -0.2) is 4.79 Å². The SMILES string of the molecule is O=C(OCCCCOc1ccccc1)c1cccc2cn[nH]c12. The Morgan fingerprint density at radius 1 is 1.00 bits per heavy atom.